The third kappa shape index (κ3) is 10.9. The summed E-state index contributed by atoms with van der Waals surface area (Å²) in [5.74, 6) is -0.604. The lowest BCUT2D eigenvalue weighted by molar-refractivity contribution is 0.428. The Balaban J connectivity index is 1.72. The highest BCUT2D eigenvalue weighted by molar-refractivity contribution is 6.07. The van der Waals surface area contributed by atoms with Crippen LogP contribution in [0.3, 0.4) is 0 Å². The Labute approximate surface area is 451 Å². The summed E-state index contributed by atoms with van der Waals surface area (Å²) in [6.45, 7) is 52.1. The molecule has 1 heterocycles. The highest BCUT2D eigenvalue weighted by atomic mass is 16.3. The SMILES string of the molecule is CC(C)(C)c1cc(C(c2cc(C(C)(C)C)cc(C(C)(C)C)c2O)c2cccc3c2oc2c(C(c4cc(C(C)(C)C)cc(C(C)(C)C)c4O)c4cc(C(C)(C)C)cc(C(C)(C)C)c4O)cccc23)c(O)c(C(C)(C)C)c1. The molecule has 0 saturated heterocycles. The fraction of sp³-hybridized carbons (Fsp3) is 0.486. The highest BCUT2D eigenvalue weighted by Gasteiger charge is 2.38. The van der Waals surface area contributed by atoms with Crippen molar-refractivity contribution in [3.05, 3.63) is 163 Å². The maximum atomic E-state index is 12.9. The summed E-state index contributed by atoms with van der Waals surface area (Å²) >= 11 is 0. The van der Waals surface area contributed by atoms with E-state index in [1.165, 1.54) is 0 Å². The summed E-state index contributed by atoms with van der Waals surface area (Å²) in [6, 6.07) is 29.7. The summed E-state index contributed by atoms with van der Waals surface area (Å²) in [4.78, 5) is 0. The molecule has 0 atom stereocenters. The van der Waals surface area contributed by atoms with Crippen LogP contribution in [-0.4, -0.2) is 20.4 Å². The average molecular weight is 1010 g/mol. The van der Waals surface area contributed by atoms with Crippen LogP contribution >= 0.6 is 0 Å². The number of hydrogen-bond acceptors (Lipinski definition) is 5. The molecule has 0 fully saturated rings. The van der Waals surface area contributed by atoms with Gasteiger partial charge < -0.3 is 24.8 Å². The van der Waals surface area contributed by atoms with Crippen LogP contribution in [0.5, 0.6) is 23.0 Å². The second-order valence-corrected chi connectivity index (χ2v) is 30.3. The predicted octanol–water partition coefficient (Wildman–Crippen LogP) is 19.1. The molecule has 0 amide bonds. The van der Waals surface area contributed by atoms with Gasteiger partial charge in [-0.25, -0.2) is 0 Å². The smallest absolute Gasteiger partial charge is 0.139 e. The van der Waals surface area contributed by atoms with Gasteiger partial charge in [0.05, 0.1) is 0 Å². The summed E-state index contributed by atoms with van der Waals surface area (Å²) in [5, 5.41) is 53.6. The molecule has 4 N–H and O–H groups in total. The minimum Gasteiger partial charge on any atom is -0.507 e. The fourth-order valence-corrected chi connectivity index (χ4v) is 10.9. The van der Waals surface area contributed by atoms with Gasteiger partial charge in [-0.15, -0.1) is 0 Å². The van der Waals surface area contributed by atoms with Crippen molar-refractivity contribution in [2.24, 2.45) is 0 Å². The van der Waals surface area contributed by atoms with E-state index in [0.717, 1.165) is 66.4 Å². The molecular formula is C70H92O5. The van der Waals surface area contributed by atoms with Crippen molar-refractivity contribution >= 4 is 21.9 Å². The van der Waals surface area contributed by atoms with Gasteiger partial charge in [-0.3, -0.25) is 0 Å². The Morgan fingerprint density at radius 3 is 0.680 bits per heavy atom. The third-order valence-corrected chi connectivity index (χ3v) is 15.7. The molecule has 5 nitrogen and oxygen atoms in total. The van der Waals surface area contributed by atoms with E-state index >= 15 is 0 Å². The number of phenols is 4. The normalized spacial score (nSPS) is 13.8. The number of hydrogen-bond donors (Lipinski definition) is 4. The van der Waals surface area contributed by atoms with Gasteiger partial charge in [0.2, 0.25) is 0 Å². The Hall–Kier alpha value is -5.68. The number of aromatic hydroxyl groups is 4. The van der Waals surface area contributed by atoms with Gasteiger partial charge in [0, 0.05) is 56.0 Å². The second-order valence-electron chi connectivity index (χ2n) is 30.3. The van der Waals surface area contributed by atoms with Gasteiger partial charge in [-0.2, -0.15) is 0 Å². The van der Waals surface area contributed by atoms with Crippen LogP contribution in [0, 0.1) is 0 Å². The maximum absolute atomic E-state index is 12.9. The van der Waals surface area contributed by atoms with Crippen LogP contribution < -0.4 is 0 Å². The van der Waals surface area contributed by atoms with Crippen LogP contribution in [0.25, 0.3) is 21.9 Å². The summed E-state index contributed by atoms with van der Waals surface area (Å²) in [6.07, 6.45) is 0. The second kappa shape index (κ2) is 18.5. The molecule has 5 heteroatoms. The fourth-order valence-electron chi connectivity index (χ4n) is 10.9. The lowest BCUT2D eigenvalue weighted by atomic mass is 9.72. The van der Waals surface area contributed by atoms with E-state index in [9.17, 15) is 20.4 Å². The number of phenolic OH excluding ortho intramolecular Hbond substituents is 4. The van der Waals surface area contributed by atoms with E-state index < -0.39 is 33.5 Å². The molecule has 0 aliphatic carbocycles. The minimum atomic E-state index is -0.691. The van der Waals surface area contributed by atoms with Gasteiger partial charge in [0.25, 0.3) is 0 Å². The van der Waals surface area contributed by atoms with Crippen LogP contribution in [0.15, 0.2) is 89.3 Å². The van der Waals surface area contributed by atoms with Gasteiger partial charge in [0.1, 0.15) is 34.2 Å². The van der Waals surface area contributed by atoms with Crippen molar-refractivity contribution in [2.45, 2.75) is 221 Å². The minimum absolute atomic E-state index is 0.194. The lowest BCUT2D eigenvalue weighted by Gasteiger charge is -2.33. The average Bonchev–Trinajstić information content (AvgIpc) is 3.63. The monoisotopic (exact) mass is 1010 g/mol. The maximum Gasteiger partial charge on any atom is 0.139 e. The molecule has 0 saturated carbocycles. The first-order chi connectivity index (χ1) is 33.9. The highest BCUT2D eigenvalue weighted by Crippen LogP contribution is 2.54. The molecule has 0 bridgehead atoms. The Morgan fingerprint density at radius 1 is 0.280 bits per heavy atom. The quantitative estimate of drug-likeness (QED) is 0.125. The van der Waals surface area contributed by atoms with Gasteiger partial charge in [-0.1, -0.05) is 251 Å². The first-order valence-corrected chi connectivity index (χ1v) is 27.4. The van der Waals surface area contributed by atoms with E-state index in [1.807, 2.05) is 0 Å². The first kappa shape index (κ1) is 57.0. The van der Waals surface area contributed by atoms with Crippen molar-refractivity contribution in [3.63, 3.8) is 0 Å². The molecule has 402 valence electrons. The van der Waals surface area contributed by atoms with Crippen molar-refractivity contribution < 1.29 is 24.8 Å². The first-order valence-electron chi connectivity index (χ1n) is 27.4. The largest absolute Gasteiger partial charge is 0.507 e. The lowest BCUT2D eigenvalue weighted by Crippen LogP contribution is -2.20. The number of para-hydroxylation sites is 2. The molecule has 0 aliphatic rings. The molecule has 7 aromatic rings. The van der Waals surface area contributed by atoms with Crippen molar-refractivity contribution in [1.82, 2.24) is 0 Å². The topological polar surface area (TPSA) is 94.1 Å². The molecule has 0 spiro atoms. The number of furan rings is 1. The summed E-state index contributed by atoms with van der Waals surface area (Å²) in [7, 11) is 0. The van der Waals surface area contributed by atoms with Gasteiger partial charge >= 0.3 is 0 Å². The zero-order valence-corrected chi connectivity index (χ0v) is 50.4. The standard InChI is InChI=1S/C70H92O5/c1-63(2,3)39-31-47(57(71)51(35-39)67(13,14)15)55(48-32-40(64(4,5)6)36-52(58(48)72)68(16,17)18)45-29-25-27-43-44-28-26-30-46(62(44)75-61(43)45)56(49-33-41(65(7,8)9)37-53(59(49)73)69(19,20)21)50-34-42(66(10,11)12)38-54(60(50)74)70(22,23)24/h25-38,55-56,71-74H,1-24H3. The molecule has 0 unspecified atom stereocenters. The van der Waals surface area contributed by atoms with Crippen LogP contribution in [0.2, 0.25) is 0 Å². The van der Waals surface area contributed by atoms with E-state index in [-0.39, 0.29) is 44.7 Å². The van der Waals surface area contributed by atoms with E-state index in [1.54, 1.807) is 0 Å². The van der Waals surface area contributed by atoms with Gasteiger partial charge in [-0.05, 0) is 87.8 Å². The number of rotatable bonds is 6. The van der Waals surface area contributed by atoms with Crippen LogP contribution in [0.1, 0.15) is 256 Å². The summed E-state index contributed by atoms with van der Waals surface area (Å²) in [5.41, 5.74) is 10.5. The molecule has 0 radical (unpaired) electrons. The molecular weight excluding hydrogens is 921 g/mol. The van der Waals surface area contributed by atoms with E-state index in [0.29, 0.717) is 33.4 Å². The number of benzene rings is 6. The van der Waals surface area contributed by atoms with E-state index in [4.69, 9.17) is 4.42 Å². The summed E-state index contributed by atoms with van der Waals surface area (Å²) < 4.78 is 7.58. The van der Waals surface area contributed by atoms with Crippen molar-refractivity contribution in [1.29, 1.82) is 0 Å². The molecule has 6 aromatic carbocycles. The predicted molar refractivity (Wildman–Crippen MR) is 318 cm³/mol. The molecule has 0 aliphatic heterocycles. The molecule has 1 aromatic heterocycles. The van der Waals surface area contributed by atoms with Crippen molar-refractivity contribution in [3.8, 4) is 23.0 Å². The molecule has 75 heavy (non-hydrogen) atoms. The van der Waals surface area contributed by atoms with Gasteiger partial charge in [0.15, 0.2) is 0 Å². The Morgan fingerprint density at radius 2 is 0.493 bits per heavy atom. The Bertz CT molecular complexity index is 2930. The Kier molecular flexibility index (Phi) is 14.1. The number of fused-ring (bicyclic) bond motifs is 3. The molecule has 7 rings (SSSR count). The van der Waals surface area contributed by atoms with Crippen LogP contribution in [0.4, 0.5) is 0 Å². The zero-order chi connectivity index (χ0) is 56.5. The third-order valence-electron chi connectivity index (χ3n) is 15.7. The zero-order valence-electron chi connectivity index (χ0n) is 50.4. The van der Waals surface area contributed by atoms with E-state index in [2.05, 4.69) is 251 Å². The van der Waals surface area contributed by atoms with Crippen LogP contribution in [-0.2, 0) is 43.3 Å². The van der Waals surface area contributed by atoms with Crippen molar-refractivity contribution in [2.75, 3.05) is 0 Å².